The van der Waals surface area contributed by atoms with Gasteiger partial charge in [-0.15, -0.1) is 0 Å². The van der Waals surface area contributed by atoms with E-state index in [2.05, 4.69) is 5.32 Å². The third kappa shape index (κ3) is 5.44. The molecule has 0 fully saturated rings. The number of ether oxygens (including phenoxy) is 2. The van der Waals surface area contributed by atoms with E-state index in [4.69, 9.17) is 9.47 Å². The van der Waals surface area contributed by atoms with E-state index in [1.165, 1.54) is 12.1 Å². The molecule has 2 rings (SSSR count). The summed E-state index contributed by atoms with van der Waals surface area (Å²) in [5.74, 6) is 0.328. The lowest BCUT2D eigenvalue weighted by molar-refractivity contribution is -0.121. The Bertz CT molecular complexity index is 589. The van der Waals surface area contributed by atoms with E-state index in [9.17, 15) is 9.18 Å². The molecule has 1 amide bonds. The van der Waals surface area contributed by atoms with E-state index < -0.39 is 5.82 Å². The van der Waals surface area contributed by atoms with E-state index >= 15 is 0 Å². The molecule has 0 aliphatic rings. The van der Waals surface area contributed by atoms with E-state index in [0.29, 0.717) is 13.2 Å². The van der Waals surface area contributed by atoms with Crippen molar-refractivity contribution in [2.75, 3.05) is 19.8 Å². The Morgan fingerprint density at radius 3 is 2.45 bits per heavy atom. The van der Waals surface area contributed by atoms with Crippen molar-refractivity contribution in [1.29, 1.82) is 0 Å². The number of hydrogen-bond donors (Lipinski definition) is 1. The summed E-state index contributed by atoms with van der Waals surface area (Å²) in [6.45, 7) is 0.934. The zero-order valence-electron chi connectivity index (χ0n) is 12.1. The van der Waals surface area contributed by atoms with Crippen molar-refractivity contribution in [3.05, 3.63) is 60.4 Å². The SMILES string of the molecule is O=C(CCOc1ccccc1F)NCCOc1ccccc1. The molecule has 0 heterocycles. The van der Waals surface area contributed by atoms with Crippen LogP contribution in [0.1, 0.15) is 6.42 Å². The van der Waals surface area contributed by atoms with Crippen LogP contribution < -0.4 is 14.8 Å². The number of hydrogen-bond acceptors (Lipinski definition) is 3. The van der Waals surface area contributed by atoms with Gasteiger partial charge in [0.15, 0.2) is 11.6 Å². The quantitative estimate of drug-likeness (QED) is 0.763. The zero-order valence-corrected chi connectivity index (χ0v) is 12.1. The van der Waals surface area contributed by atoms with Gasteiger partial charge in [0.25, 0.3) is 0 Å². The molecule has 5 heteroatoms. The monoisotopic (exact) mass is 303 g/mol. The number of rotatable bonds is 8. The lowest BCUT2D eigenvalue weighted by Crippen LogP contribution is -2.29. The third-order valence-electron chi connectivity index (χ3n) is 2.86. The average Bonchev–Trinajstić information content (AvgIpc) is 2.54. The predicted molar refractivity (Wildman–Crippen MR) is 81.5 cm³/mol. The number of carbonyl (C=O) groups is 1. The summed E-state index contributed by atoms with van der Waals surface area (Å²) < 4.78 is 23.9. The van der Waals surface area contributed by atoms with Gasteiger partial charge in [0.1, 0.15) is 12.4 Å². The van der Waals surface area contributed by atoms with Gasteiger partial charge in [-0.3, -0.25) is 4.79 Å². The number of halogens is 1. The van der Waals surface area contributed by atoms with Gasteiger partial charge in [-0.2, -0.15) is 0 Å². The summed E-state index contributed by atoms with van der Waals surface area (Å²) in [6.07, 6.45) is 0.166. The first-order valence-electron chi connectivity index (χ1n) is 7.07. The summed E-state index contributed by atoms with van der Waals surface area (Å²) in [5.41, 5.74) is 0. The van der Waals surface area contributed by atoms with Crippen LogP contribution in [0.5, 0.6) is 11.5 Å². The molecule has 4 nitrogen and oxygen atoms in total. The van der Waals surface area contributed by atoms with Crippen molar-refractivity contribution >= 4 is 5.91 Å². The molecule has 0 bridgehead atoms. The van der Waals surface area contributed by atoms with Gasteiger partial charge in [0.05, 0.1) is 19.6 Å². The van der Waals surface area contributed by atoms with Crippen molar-refractivity contribution in [2.24, 2.45) is 0 Å². The largest absolute Gasteiger partial charge is 0.492 e. The molecule has 0 saturated carbocycles. The second-order valence-electron chi connectivity index (χ2n) is 4.54. The molecule has 0 unspecified atom stereocenters. The Kier molecular flexibility index (Phi) is 6.23. The Labute approximate surface area is 128 Å². The topological polar surface area (TPSA) is 47.6 Å². The second kappa shape index (κ2) is 8.67. The maximum Gasteiger partial charge on any atom is 0.223 e. The number of carbonyl (C=O) groups excluding carboxylic acids is 1. The van der Waals surface area contributed by atoms with Gasteiger partial charge in [0.2, 0.25) is 5.91 Å². The minimum atomic E-state index is -0.431. The number of nitrogens with one attached hydrogen (secondary N) is 1. The predicted octanol–water partition coefficient (Wildman–Crippen LogP) is 2.79. The summed E-state index contributed by atoms with van der Waals surface area (Å²) in [7, 11) is 0. The van der Waals surface area contributed by atoms with Gasteiger partial charge in [-0.25, -0.2) is 4.39 Å². The lowest BCUT2D eigenvalue weighted by Gasteiger charge is -2.09. The minimum Gasteiger partial charge on any atom is -0.492 e. The molecular weight excluding hydrogens is 285 g/mol. The third-order valence-corrected chi connectivity index (χ3v) is 2.86. The van der Waals surface area contributed by atoms with Crippen molar-refractivity contribution in [3.63, 3.8) is 0 Å². The van der Waals surface area contributed by atoms with Gasteiger partial charge >= 0.3 is 0 Å². The normalized spacial score (nSPS) is 10.0. The highest BCUT2D eigenvalue weighted by Gasteiger charge is 2.04. The van der Waals surface area contributed by atoms with Crippen LogP contribution in [0.2, 0.25) is 0 Å². The first kappa shape index (κ1) is 15.8. The van der Waals surface area contributed by atoms with Gasteiger partial charge in [-0.1, -0.05) is 30.3 Å². The highest BCUT2D eigenvalue weighted by Crippen LogP contribution is 2.15. The van der Waals surface area contributed by atoms with Crippen LogP contribution in [-0.2, 0) is 4.79 Å². The van der Waals surface area contributed by atoms with Gasteiger partial charge < -0.3 is 14.8 Å². The summed E-state index contributed by atoms with van der Waals surface area (Å²) in [5, 5.41) is 2.72. The Hall–Kier alpha value is -2.56. The van der Waals surface area contributed by atoms with Crippen LogP contribution in [0.3, 0.4) is 0 Å². The zero-order chi connectivity index (χ0) is 15.6. The van der Waals surface area contributed by atoms with Crippen LogP contribution in [-0.4, -0.2) is 25.7 Å². The lowest BCUT2D eigenvalue weighted by atomic mass is 10.3. The van der Waals surface area contributed by atoms with Crippen molar-refractivity contribution in [2.45, 2.75) is 6.42 Å². The second-order valence-corrected chi connectivity index (χ2v) is 4.54. The summed E-state index contributed by atoms with van der Waals surface area (Å²) in [4.78, 5) is 11.6. The van der Waals surface area contributed by atoms with Crippen molar-refractivity contribution < 1.29 is 18.7 Å². The van der Waals surface area contributed by atoms with Crippen LogP contribution in [0, 0.1) is 5.82 Å². The molecular formula is C17H18FNO3. The molecule has 0 atom stereocenters. The summed E-state index contributed by atoms with van der Waals surface area (Å²) in [6, 6.07) is 15.5. The molecule has 0 radical (unpaired) electrons. The average molecular weight is 303 g/mol. The van der Waals surface area contributed by atoms with Gasteiger partial charge in [0, 0.05) is 0 Å². The fourth-order valence-corrected chi connectivity index (χ4v) is 1.78. The van der Waals surface area contributed by atoms with Crippen LogP contribution in [0.25, 0.3) is 0 Å². The van der Waals surface area contributed by atoms with E-state index in [0.717, 1.165) is 5.75 Å². The molecule has 22 heavy (non-hydrogen) atoms. The molecule has 0 saturated heterocycles. The smallest absolute Gasteiger partial charge is 0.223 e. The fraction of sp³-hybridized carbons (Fsp3) is 0.235. The van der Waals surface area contributed by atoms with Crippen LogP contribution in [0.4, 0.5) is 4.39 Å². The molecule has 2 aromatic rings. The van der Waals surface area contributed by atoms with E-state index in [1.54, 1.807) is 12.1 Å². The minimum absolute atomic E-state index is 0.131. The number of para-hydroxylation sites is 2. The Morgan fingerprint density at radius 2 is 1.68 bits per heavy atom. The fourth-order valence-electron chi connectivity index (χ4n) is 1.78. The molecule has 1 N–H and O–H groups in total. The van der Waals surface area contributed by atoms with Crippen LogP contribution >= 0.6 is 0 Å². The molecule has 0 spiro atoms. The van der Waals surface area contributed by atoms with Crippen molar-refractivity contribution in [3.8, 4) is 11.5 Å². The Morgan fingerprint density at radius 1 is 0.955 bits per heavy atom. The number of amides is 1. The molecule has 116 valence electrons. The van der Waals surface area contributed by atoms with Crippen LogP contribution in [0.15, 0.2) is 54.6 Å². The maximum absolute atomic E-state index is 13.3. The standard InChI is InChI=1S/C17H18FNO3/c18-15-8-4-5-9-16(15)22-12-10-17(20)19-11-13-21-14-6-2-1-3-7-14/h1-9H,10-13H2,(H,19,20). The number of benzene rings is 2. The van der Waals surface area contributed by atoms with Crippen molar-refractivity contribution in [1.82, 2.24) is 5.32 Å². The first-order valence-corrected chi connectivity index (χ1v) is 7.07. The Balaban J connectivity index is 1.57. The maximum atomic E-state index is 13.3. The molecule has 2 aromatic carbocycles. The molecule has 0 aliphatic carbocycles. The van der Waals surface area contributed by atoms with Gasteiger partial charge in [-0.05, 0) is 24.3 Å². The summed E-state index contributed by atoms with van der Waals surface area (Å²) >= 11 is 0. The van der Waals surface area contributed by atoms with E-state index in [-0.39, 0.29) is 24.7 Å². The molecule has 0 aliphatic heterocycles. The highest BCUT2D eigenvalue weighted by atomic mass is 19.1. The molecule has 0 aromatic heterocycles. The highest BCUT2D eigenvalue weighted by molar-refractivity contribution is 5.75. The first-order chi connectivity index (χ1) is 10.8. The van der Waals surface area contributed by atoms with E-state index in [1.807, 2.05) is 30.3 Å².